The quantitative estimate of drug-likeness (QED) is 0.110. The third kappa shape index (κ3) is 7.70. The number of carbonyl (C=O) groups is 1. The minimum Gasteiger partial charge on any atom is -0.490 e. The Kier molecular flexibility index (Phi) is 11.3. The summed E-state index contributed by atoms with van der Waals surface area (Å²) in [5.41, 5.74) is 0.269. The van der Waals surface area contributed by atoms with Crippen molar-refractivity contribution in [3.05, 3.63) is 76.9 Å². The number of hydrogen-bond donors (Lipinski definition) is 0. The standard InChI is InChI=1S/C33H40F4O4/c1-3-5-19-39-23-11-7-21(8-12-23)25-15-16-26(30(35)29(25)34)22-9-13-24(14-10-22)41-33(38)27-17-18-28(32(37)31(27)36)40-20-6-4-2/h4,15-18,21-24H,2-3,5-14,19-20H2,1H3. The maximum atomic E-state index is 15.2. The van der Waals surface area contributed by atoms with E-state index >= 15 is 8.78 Å². The number of esters is 1. The molecular formula is C33H40F4O4. The Bertz CT molecular complexity index is 1180. The van der Waals surface area contributed by atoms with Gasteiger partial charge in [-0.2, -0.15) is 4.39 Å². The molecule has 0 spiro atoms. The zero-order valence-electron chi connectivity index (χ0n) is 23.7. The van der Waals surface area contributed by atoms with E-state index in [1.807, 2.05) is 0 Å². The molecule has 41 heavy (non-hydrogen) atoms. The van der Waals surface area contributed by atoms with Gasteiger partial charge in [0.05, 0.1) is 18.3 Å². The number of benzene rings is 2. The summed E-state index contributed by atoms with van der Waals surface area (Å²) >= 11 is 0. The van der Waals surface area contributed by atoms with Crippen molar-refractivity contribution in [1.82, 2.24) is 0 Å². The van der Waals surface area contributed by atoms with Crippen molar-refractivity contribution in [2.45, 2.75) is 102 Å². The lowest BCUT2D eigenvalue weighted by Gasteiger charge is -2.31. The molecule has 0 atom stereocenters. The first-order chi connectivity index (χ1) is 19.8. The molecule has 2 aliphatic rings. The van der Waals surface area contributed by atoms with Crippen molar-refractivity contribution in [2.24, 2.45) is 0 Å². The largest absolute Gasteiger partial charge is 0.490 e. The predicted octanol–water partition coefficient (Wildman–Crippen LogP) is 8.92. The van der Waals surface area contributed by atoms with E-state index in [2.05, 4.69) is 13.5 Å². The Hall–Kier alpha value is -2.87. The normalized spacial score (nSPS) is 22.8. The van der Waals surface area contributed by atoms with Crippen molar-refractivity contribution < 1.29 is 36.6 Å². The van der Waals surface area contributed by atoms with Gasteiger partial charge in [-0.05, 0) is 99.3 Å². The summed E-state index contributed by atoms with van der Waals surface area (Å²) in [6.07, 6.45) is 8.90. The molecule has 0 unspecified atom stereocenters. The van der Waals surface area contributed by atoms with Gasteiger partial charge in [-0.3, -0.25) is 0 Å². The average Bonchev–Trinajstić information content (AvgIpc) is 2.98. The summed E-state index contributed by atoms with van der Waals surface area (Å²) in [6.45, 7) is 6.55. The number of rotatable bonds is 12. The minimum atomic E-state index is -1.32. The molecule has 0 aliphatic heterocycles. The van der Waals surface area contributed by atoms with Gasteiger partial charge in [-0.25, -0.2) is 18.0 Å². The molecule has 0 amide bonds. The molecule has 2 aromatic carbocycles. The molecule has 0 N–H and O–H groups in total. The van der Waals surface area contributed by atoms with Gasteiger partial charge in [0.15, 0.2) is 23.2 Å². The second kappa shape index (κ2) is 14.9. The summed E-state index contributed by atoms with van der Waals surface area (Å²) in [5, 5.41) is 0. The predicted molar refractivity (Wildman–Crippen MR) is 149 cm³/mol. The van der Waals surface area contributed by atoms with Crippen LogP contribution in [0.4, 0.5) is 17.6 Å². The first-order valence-electron chi connectivity index (χ1n) is 14.9. The second-order valence-corrected chi connectivity index (χ2v) is 11.1. The van der Waals surface area contributed by atoms with Crippen molar-refractivity contribution in [1.29, 1.82) is 0 Å². The number of ether oxygens (including phenoxy) is 3. The molecule has 2 aromatic rings. The molecule has 2 aliphatic carbocycles. The second-order valence-electron chi connectivity index (χ2n) is 11.1. The lowest BCUT2D eigenvalue weighted by atomic mass is 9.79. The Labute approximate surface area is 240 Å². The van der Waals surface area contributed by atoms with Gasteiger partial charge >= 0.3 is 5.97 Å². The van der Waals surface area contributed by atoms with Crippen LogP contribution in [-0.2, 0) is 9.47 Å². The molecule has 8 heteroatoms. The highest BCUT2D eigenvalue weighted by molar-refractivity contribution is 5.90. The average molecular weight is 577 g/mol. The highest BCUT2D eigenvalue weighted by Gasteiger charge is 2.31. The van der Waals surface area contributed by atoms with E-state index < -0.39 is 40.9 Å². The fourth-order valence-corrected chi connectivity index (χ4v) is 5.90. The van der Waals surface area contributed by atoms with Crippen molar-refractivity contribution in [3.8, 4) is 5.75 Å². The zero-order valence-corrected chi connectivity index (χ0v) is 23.7. The SMILES string of the molecule is C=CCCOc1ccc(C(=O)OC2CCC(c3ccc(C4CCC(OCCCC)CC4)c(F)c3F)CC2)c(F)c1F. The fraction of sp³-hybridized carbons (Fsp3) is 0.545. The lowest BCUT2D eigenvalue weighted by Crippen LogP contribution is -2.25. The van der Waals surface area contributed by atoms with Gasteiger partial charge < -0.3 is 14.2 Å². The molecular weight excluding hydrogens is 536 g/mol. The Balaban J connectivity index is 1.30. The first-order valence-corrected chi connectivity index (χ1v) is 14.9. The summed E-state index contributed by atoms with van der Waals surface area (Å²) in [4.78, 5) is 12.6. The Morgan fingerprint density at radius 3 is 1.95 bits per heavy atom. The van der Waals surface area contributed by atoms with E-state index in [0.29, 0.717) is 43.2 Å². The van der Waals surface area contributed by atoms with E-state index in [1.54, 1.807) is 18.2 Å². The number of carbonyl (C=O) groups excluding carboxylic acids is 1. The molecule has 2 saturated carbocycles. The van der Waals surface area contributed by atoms with Crippen LogP contribution in [0.2, 0.25) is 0 Å². The van der Waals surface area contributed by atoms with Gasteiger partial charge in [-0.15, -0.1) is 6.58 Å². The third-order valence-corrected chi connectivity index (χ3v) is 8.34. The van der Waals surface area contributed by atoms with Gasteiger partial charge in [-0.1, -0.05) is 31.6 Å². The molecule has 0 aromatic heterocycles. The molecule has 0 bridgehead atoms. The molecule has 4 rings (SSSR count). The van der Waals surface area contributed by atoms with Crippen LogP contribution in [0.5, 0.6) is 5.75 Å². The topological polar surface area (TPSA) is 44.8 Å². The van der Waals surface area contributed by atoms with Crippen LogP contribution < -0.4 is 4.74 Å². The Morgan fingerprint density at radius 1 is 0.805 bits per heavy atom. The molecule has 2 fully saturated rings. The molecule has 4 nitrogen and oxygen atoms in total. The van der Waals surface area contributed by atoms with Crippen LogP contribution in [0.25, 0.3) is 0 Å². The first kappa shape index (κ1) is 31.1. The van der Waals surface area contributed by atoms with Crippen molar-refractivity contribution in [3.63, 3.8) is 0 Å². The Morgan fingerprint density at radius 2 is 1.39 bits per heavy atom. The van der Waals surface area contributed by atoms with Gasteiger partial charge in [0.2, 0.25) is 5.82 Å². The maximum Gasteiger partial charge on any atom is 0.341 e. The van der Waals surface area contributed by atoms with Crippen LogP contribution in [0.15, 0.2) is 36.9 Å². The third-order valence-electron chi connectivity index (χ3n) is 8.34. The highest BCUT2D eigenvalue weighted by Crippen LogP contribution is 2.40. The maximum absolute atomic E-state index is 15.2. The highest BCUT2D eigenvalue weighted by atomic mass is 19.2. The summed E-state index contributed by atoms with van der Waals surface area (Å²) in [7, 11) is 0. The molecule has 224 valence electrons. The van der Waals surface area contributed by atoms with E-state index in [1.165, 1.54) is 6.07 Å². The van der Waals surface area contributed by atoms with Gasteiger partial charge in [0.25, 0.3) is 0 Å². The van der Waals surface area contributed by atoms with Gasteiger partial charge in [0, 0.05) is 6.61 Å². The van der Waals surface area contributed by atoms with Crippen LogP contribution in [0.1, 0.15) is 111 Å². The van der Waals surface area contributed by atoms with Crippen LogP contribution in [-0.4, -0.2) is 31.4 Å². The summed E-state index contributed by atoms with van der Waals surface area (Å²) in [5.74, 6) is -5.61. The summed E-state index contributed by atoms with van der Waals surface area (Å²) in [6, 6.07) is 5.76. The number of unbranched alkanes of at least 4 members (excludes halogenated alkanes) is 1. The molecule has 0 saturated heterocycles. The molecule has 0 radical (unpaired) electrons. The summed E-state index contributed by atoms with van der Waals surface area (Å²) < 4.78 is 75.9. The monoisotopic (exact) mass is 576 g/mol. The van der Waals surface area contributed by atoms with Crippen LogP contribution in [0.3, 0.4) is 0 Å². The van der Waals surface area contributed by atoms with E-state index in [4.69, 9.17) is 14.2 Å². The zero-order chi connectivity index (χ0) is 29.4. The minimum absolute atomic E-state index is 0.0160. The van der Waals surface area contributed by atoms with Gasteiger partial charge in [0.1, 0.15) is 6.10 Å². The number of hydrogen-bond acceptors (Lipinski definition) is 4. The lowest BCUT2D eigenvalue weighted by molar-refractivity contribution is 0.0187. The molecule has 0 heterocycles. The van der Waals surface area contributed by atoms with Crippen LogP contribution >= 0.6 is 0 Å². The van der Waals surface area contributed by atoms with Crippen LogP contribution in [0, 0.1) is 23.3 Å². The fourth-order valence-electron chi connectivity index (χ4n) is 5.90. The smallest absolute Gasteiger partial charge is 0.341 e. The van der Waals surface area contributed by atoms with Crippen molar-refractivity contribution in [2.75, 3.05) is 13.2 Å². The van der Waals surface area contributed by atoms with E-state index in [-0.39, 0.29) is 30.3 Å². The van der Waals surface area contributed by atoms with E-state index in [9.17, 15) is 13.6 Å². The van der Waals surface area contributed by atoms with Crippen molar-refractivity contribution >= 4 is 5.97 Å². The van der Waals surface area contributed by atoms with E-state index in [0.717, 1.165) is 51.2 Å². The number of halogens is 4.